The number of ether oxygens (including phenoxy) is 6. The van der Waals surface area contributed by atoms with Crippen LogP contribution in [0.3, 0.4) is 0 Å². The molecule has 33 nitrogen and oxygen atoms in total. The highest BCUT2D eigenvalue weighted by atomic mass is 32.2. The molecule has 0 aliphatic carbocycles. The number of fused-ring (bicyclic) bond motifs is 1. The second kappa shape index (κ2) is 52.0. The van der Waals surface area contributed by atoms with E-state index in [4.69, 9.17) is 33.4 Å². The van der Waals surface area contributed by atoms with Crippen LogP contribution in [-0.4, -0.2) is 274 Å². The van der Waals surface area contributed by atoms with Crippen LogP contribution >= 0.6 is 11.8 Å². The number of likely N-dealkylation sites (N-methyl/N-ethyl adjacent to an activating group) is 1. The van der Waals surface area contributed by atoms with Crippen molar-refractivity contribution in [3.05, 3.63) is 159 Å². The molecular weight excluding hydrogens is 1720 g/mol. The van der Waals surface area contributed by atoms with Crippen molar-refractivity contribution < 1.29 is 76.7 Å². The summed E-state index contributed by atoms with van der Waals surface area (Å²) in [5.74, 6) is -1.74. The van der Waals surface area contributed by atoms with Gasteiger partial charge in [0.1, 0.15) is 35.2 Å². The van der Waals surface area contributed by atoms with E-state index >= 15 is 0 Å². The number of piperazine rings is 1. The maximum atomic E-state index is 14.7. The summed E-state index contributed by atoms with van der Waals surface area (Å²) in [6.07, 6.45) is 11.1. The van der Waals surface area contributed by atoms with Crippen LogP contribution in [0, 0.1) is 0 Å². The third kappa shape index (κ3) is 32.5. The Morgan fingerprint density at radius 3 is 1.79 bits per heavy atom. The van der Waals surface area contributed by atoms with Crippen molar-refractivity contribution in [3.8, 4) is 39.8 Å². The summed E-state index contributed by atoms with van der Waals surface area (Å²) >= 11 is 1.10. The van der Waals surface area contributed by atoms with Gasteiger partial charge >= 0.3 is 5.97 Å². The number of unbranched alkanes of at least 4 members (excludes halogenated alkanes) is 1. The van der Waals surface area contributed by atoms with Gasteiger partial charge in [0.2, 0.25) is 41.2 Å². The summed E-state index contributed by atoms with van der Waals surface area (Å²) in [5.41, 5.74) is 9.93. The lowest BCUT2D eigenvalue weighted by atomic mass is 9.78. The zero-order valence-electron chi connectivity index (χ0n) is 79.5. The number of esters is 1. The molecule has 8 aromatic rings. The third-order valence-electron chi connectivity index (χ3n) is 22.4. The first-order valence-corrected chi connectivity index (χ1v) is 47.4. The maximum absolute atomic E-state index is 14.7. The van der Waals surface area contributed by atoms with Gasteiger partial charge in [0, 0.05) is 126 Å². The molecule has 5 N–H and O–H groups in total. The van der Waals surface area contributed by atoms with E-state index in [1.54, 1.807) is 47.6 Å². The number of nitrogens with one attached hydrogen (secondary N) is 4. The number of aromatic hydroxyl groups is 1. The van der Waals surface area contributed by atoms with Crippen molar-refractivity contribution in [2.75, 3.05) is 162 Å². The second-order valence-electron chi connectivity index (χ2n) is 35.5. The molecule has 3 aromatic heterocycles. The number of para-hydroxylation sites is 1. The summed E-state index contributed by atoms with van der Waals surface area (Å²) < 4.78 is 38.2. The first kappa shape index (κ1) is 103. The molecule has 1 fully saturated rings. The van der Waals surface area contributed by atoms with Gasteiger partial charge in [0.15, 0.2) is 11.5 Å². The number of aromatic amines is 1. The maximum Gasteiger partial charge on any atom is 0.344 e. The van der Waals surface area contributed by atoms with Crippen molar-refractivity contribution >= 4 is 93.2 Å². The Labute approximate surface area is 785 Å². The van der Waals surface area contributed by atoms with E-state index in [1.165, 1.54) is 31.4 Å². The molecule has 0 spiro atoms. The fraction of sp³-hybridized carbons (Fsp3) is 0.515. The number of imidazole rings is 1. The summed E-state index contributed by atoms with van der Waals surface area (Å²) in [6.45, 7) is 28.4. The van der Waals surface area contributed by atoms with Crippen LogP contribution in [0.2, 0.25) is 0 Å². The number of hydrogen-bond acceptors (Lipinski definition) is 25. The number of thioether (sulfide) groups is 1. The Hall–Kier alpha value is -11.9. The molecule has 0 unspecified atom stereocenters. The number of anilines is 2. The van der Waals surface area contributed by atoms with Gasteiger partial charge in [-0.2, -0.15) is 0 Å². The van der Waals surface area contributed by atoms with Crippen LogP contribution in [0.4, 0.5) is 11.4 Å². The van der Waals surface area contributed by atoms with E-state index in [0.29, 0.717) is 106 Å². The average molecular weight is 1850 g/mol. The number of nitrogens with zero attached hydrogens (tertiary/aromatic N) is 13. The molecule has 718 valence electrons. The van der Waals surface area contributed by atoms with E-state index in [2.05, 4.69) is 155 Å². The van der Waals surface area contributed by atoms with Gasteiger partial charge in [0.25, 0.3) is 0 Å². The van der Waals surface area contributed by atoms with Gasteiger partial charge in [-0.3, -0.25) is 42.9 Å². The molecule has 0 bridgehead atoms. The number of phenolic OH excluding ortho intramolecular Hbond substituents is 1. The van der Waals surface area contributed by atoms with Crippen LogP contribution in [-0.2, 0) is 99.0 Å². The number of aromatic nitrogens is 8. The van der Waals surface area contributed by atoms with Crippen LogP contribution in [0.15, 0.2) is 131 Å². The standard InChI is InChI=1S/C99H135N17O16S/c1-13-41-111(88(121)30-22-28-76-64-115(107-105-76)44-21-20-25-70(5)117)67-89(122)112(42-14-2)68-90(123)113(43-15-3)69-91(124)114(66-87(120)101-40-51-127-52-53-128-54-55-129-56-57-131-84-38-31-71(58-83(84)118)59-85-93(125)92(97(126)130-16-4)96(133-85)102-75-26-18-17-19-27-75)63-77-65-116(108-106-77)45-24-39-100-86(119)29-23-50-132-94-79(98(6,7)8)60-74(61-80(94)99(9,10)11)95-103-81-37-34-73(62-82(81)104-95)72-32-35-78(36-33-72)110-48-46-109(12)47-49-110/h17-19,26-27,31-38,58-62,64-65,102,118H,13-16,20-25,28-30,39-57,63,66-69H2,1-12H3,(H,100,119)(H,101,120)(H,103,104)/b85-59-. The van der Waals surface area contributed by atoms with Gasteiger partial charge in [-0.1, -0.05) is 127 Å². The molecule has 0 atom stereocenters. The largest absolute Gasteiger partial charge is 0.504 e. The Bertz CT molecular complexity index is 5210. The summed E-state index contributed by atoms with van der Waals surface area (Å²) in [7, 11) is 2.17. The first-order chi connectivity index (χ1) is 64.0. The number of Topliss-reactive ketones (excluding diaryl/α,β-unsaturated/α-hetero) is 2. The normalized spacial score (nSPS) is 13.4. The number of hydrogen-bond donors (Lipinski definition) is 5. The van der Waals surface area contributed by atoms with E-state index < -0.39 is 48.5 Å². The highest BCUT2D eigenvalue weighted by Crippen LogP contribution is 2.44. The molecule has 2 aliphatic heterocycles. The number of phenols is 1. The van der Waals surface area contributed by atoms with Gasteiger partial charge in [0.05, 0.1) is 118 Å². The van der Waals surface area contributed by atoms with Gasteiger partial charge < -0.3 is 88.7 Å². The fourth-order valence-electron chi connectivity index (χ4n) is 15.3. The van der Waals surface area contributed by atoms with Crippen molar-refractivity contribution in [2.45, 2.75) is 184 Å². The molecule has 0 radical (unpaired) electrons. The van der Waals surface area contributed by atoms with E-state index in [9.17, 15) is 48.3 Å². The van der Waals surface area contributed by atoms with Crippen LogP contribution in [0.25, 0.3) is 39.6 Å². The minimum atomic E-state index is -0.732. The van der Waals surface area contributed by atoms with E-state index in [-0.39, 0.29) is 155 Å². The van der Waals surface area contributed by atoms with Gasteiger partial charge in [-0.25, -0.2) is 9.78 Å². The predicted octanol–water partition coefficient (Wildman–Crippen LogP) is 12.1. The smallest absolute Gasteiger partial charge is 0.344 e. The highest BCUT2D eigenvalue weighted by molar-refractivity contribution is 8.08. The van der Waals surface area contributed by atoms with Gasteiger partial charge in [-0.15, -0.1) is 10.2 Å². The highest BCUT2D eigenvalue weighted by Gasteiger charge is 2.37. The van der Waals surface area contributed by atoms with Crippen molar-refractivity contribution in [3.63, 3.8) is 0 Å². The number of ketones is 2. The molecule has 5 heterocycles. The SMILES string of the molecule is CCCN(CC(=O)N(CCC)CC(=O)N(CCC)CC(=O)N(CC(=O)NCCOCCOCCOCCOc1ccc(/C=C2\SC(Nc3ccccc3)=C(C(=O)OCC)C2=O)cc1O)Cc1cn(CCCNC(=O)CCCOc2c(C(C)(C)C)cc(-c3nc4cc(-c5ccc(N6CCN(C)CC6)cc5)ccc4[nH]3)cc2C(C)(C)C)nn1)C(=O)CCCc1cn(CCCCC(C)=O)nn1. The molecule has 6 amide bonds. The Kier molecular flexibility index (Phi) is 40.4. The van der Waals surface area contributed by atoms with Crippen LogP contribution in [0.5, 0.6) is 17.2 Å². The molecule has 10 rings (SSSR count). The number of carbonyl (C=O) groups is 9. The minimum absolute atomic E-state index is 0.0914. The van der Waals surface area contributed by atoms with Crippen molar-refractivity contribution in [1.82, 2.24) is 75.1 Å². The van der Waals surface area contributed by atoms with Crippen LogP contribution < -0.4 is 30.3 Å². The Balaban J connectivity index is 0.688. The topological polar surface area (TPSA) is 375 Å². The van der Waals surface area contributed by atoms with E-state index in [1.807, 2.05) is 57.3 Å². The average Bonchev–Trinajstić information content (AvgIpc) is 1.12. The fourth-order valence-corrected chi connectivity index (χ4v) is 16.3. The lowest BCUT2D eigenvalue weighted by Crippen LogP contribution is -2.50. The van der Waals surface area contributed by atoms with Gasteiger partial charge in [-0.05, 0) is 173 Å². The molecular formula is C99H135N17O16S. The number of rotatable bonds is 55. The number of carbonyl (C=O) groups excluding carboxylic acids is 9. The predicted molar refractivity (Wildman–Crippen MR) is 513 cm³/mol. The van der Waals surface area contributed by atoms with Crippen molar-refractivity contribution in [2.24, 2.45) is 0 Å². The lowest BCUT2D eigenvalue weighted by molar-refractivity contribution is -0.146. The Morgan fingerprint density at radius 1 is 0.571 bits per heavy atom. The molecule has 2 aliphatic rings. The molecule has 1 saturated heterocycles. The molecule has 133 heavy (non-hydrogen) atoms. The quantitative estimate of drug-likeness (QED) is 0.0102. The third-order valence-corrected chi connectivity index (χ3v) is 23.4. The number of H-pyrrole nitrogens is 1. The zero-order chi connectivity index (χ0) is 95.4. The summed E-state index contributed by atoms with van der Waals surface area (Å²) in [4.78, 5) is 142. The number of benzene rings is 5. The summed E-state index contributed by atoms with van der Waals surface area (Å²) in [6, 6.07) is 33.4. The lowest BCUT2D eigenvalue weighted by Gasteiger charge is -2.34. The molecule has 5 aromatic carbocycles. The Morgan fingerprint density at radius 2 is 1.17 bits per heavy atom. The molecule has 0 saturated carbocycles. The number of aryl methyl sites for hydroxylation is 3. The first-order valence-electron chi connectivity index (χ1n) is 46.6. The zero-order valence-corrected chi connectivity index (χ0v) is 80.3. The minimum Gasteiger partial charge on any atom is -0.504 e. The monoisotopic (exact) mass is 1850 g/mol. The molecule has 34 heteroatoms. The number of allylic oxidation sites excluding steroid dienone is 1. The van der Waals surface area contributed by atoms with Crippen LogP contribution in [0.1, 0.15) is 175 Å². The van der Waals surface area contributed by atoms with E-state index in [0.717, 1.165) is 107 Å². The summed E-state index contributed by atoms with van der Waals surface area (Å²) in [5, 5.41) is 37.4. The number of amides is 6. The van der Waals surface area contributed by atoms with Crippen molar-refractivity contribution in [1.29, 1.82) is 0 Å². The second-order valence-corrected chi connectivity index (χ2v) is 36.5.